The average Bonchev–Trinajstić information content (AvgIpc) is 2.63. The molecule has 2 rings (SSSR count). The van der Waals surface area contributed by atoms with Crippen LogP contribution in [0.1, 0.15) is 19.4 Å². The molecule has 0 saturated heterocycles. The molecule has 0 bridgehead atoms. The van der Waals surface area contributed by atoms with Crippen LogP contribution in [-0.4, -0.2) is 17.9 Å². The van der Waals surface area contributed by atoms with Gasteiger partial charge < -0.3 is 14.6 Å². The van der Waals surface area contributed by atoms with Gasteiger partial charge >= 0.3 is 5.97 Å². The summed E-state index contributed by atoms with van der Waals surface area (Å²) in [5.41, 5.74) is 0.171. The lowest BCUT2D eigenvalue weighted by Gasteiger charge is -2.18. The maximum Gasteiger partial charge on any atom is 0.309 e. The number of hydrogen-bond acceptors (Lipinski definition) is 3. The Morgan fingerprint density at radius 2 is 2.06 bits per heavy atom. The van der Waals surface area contributed by atoms with Crippen molar-refractivity contribution >= 4 is 5.97 Å². The number of carbonyl (C=O) groups is 1. The third-order valence-corrected chi connectivity index (χ3v) is 2.66. The highest BCUT2D eigenvalue weighted by Gasteiger charge is 2.28. The second-order valence-electron chi connectivity index (χ2n) is 4.55. The minimum Gasteiger partial charge on any atom is -0.481 e. The maximum absolute atomic E-state index is 11.0. The van der Waals surface area contributed by atoms with E-state index in [0.29, 0.717) is 12.2 Å². The van der Waals surface area contributed by atoms with Crippen molar-refractivity contribution in [3.8, 4) is 11.5 Å². The van der Waals surface area contributed by atoms with Crippen molar-refractivity contribution in [2.45, 2.75) is 20.3 Å². The summed E-state index contributed by atoms with van der Waals surface area (Å²) in [7, 11) is 0. The molecule has 0 aromatic heterocycles. The quantitative estimate of drug-likeness (QED) is 0.850. The van der Waals surface area contributed by atoms with Crippen LogP contribution in [0.4, 0.5) is 0 Å². The van der Waals surface area contributed by atoms with Crippen molar-refractivity contribution < 1.29 is 19.4 Å². The smallest absolute Gasteiger partial charge is 0.309 e. The summed E-state index contributed by atoms with van der Waals surface area (Å²) in [5, 5.41) is 9.04. The molecule has 1 aromatic rings. The Morgan fingerprint density at radius 3 is 2.75 bits per heavy atom. The summed E-state index contributed by atoms with van der Waals surface area (Å²) in [4.78, 5) is 11.0. The first kappa shape index (κ1) is 10.8. The van der Waals surface area contributed by atoms with Gasteiger partial charge in [0.25, 0.3) is 0 Å². The van der Waals surface area contributed by atoms with Gasteiger partial charge in [0.2, 0.25) is 6.79 Å². The minimum absolute atomic E-state index is 0.237. The molecule has 0 fully saturated rings. The number of rotatable bonds is 3. The zero-order chi connectivity index (χ0) is 11.8. The first-order chi connectivity index (χ1) is 7.49. The third kappa shape index (κ3) is 1.96. The summed E-state index contributed by atoms with van der Waals surface area (Å²) in [6.45, 7) is 3.65. The van der Waals surface area contributed by atoms with Gasteiger partial charge in [0.05, 0.1) is 5.41 Å². The van der Waals surface area contributed by atoms with Gasteiger partial charge in [-0.15, -0.1) is 0 Å². The molecular weight excluding hydrogens is 208 g/mol. The molecule has 4 heteroatoms. The molecule has 86 valence electrons. The number of carboxylic acid groups (broad SMARTS) is 1. The van der Waals surface area contributed by atoms with E-state index >= 15 is 0 Å². The van der Waals surface area contributed by atoms with E-state index in [1.165, 1.54) is 0 Å². The monoisotopic (exact) mass is 222 g/mol. The molecule has 0 spiro atoms. The van der Waals surface area contributed by atoms with Gasteiger partial charge in [-0.1, -0.05) is 6.07 Å². The second-order valence-corrected chi connectivity index (χ2v) is 4.55. The summed E-state index contributed by atoms with van der Waals surface area (Å²) in [6.07, 6.45) is 0.471. The summed E-state index contributed by atoms with van der Waals surface area (Å²) in [5.74, 6) is 0.612. The van der Waals surface area contributed by atoms with Gasteiger partial charge in [0.15, 0.2) is 11.5 Å². The Bertz CT molecular complexity index is 423. The van der Waals surface area contributed by atoms with Crippen LogP contribution in [0.3, 0.4) is 0 Å². The van der Waals surface area contributed by atoms with Crippen LogP contribution < -0.4 is 9.47 Å². The fourth-order valence-electron chi connectivity index (χ4n) is 1.64. The molecule has 1 aliphatic heterocycles. The SMILES string of the molecule is CC(C)(Cc1ccc2c(c1)OCO2)C(=O)O. The van der Waals surface area contributed by atoms with Crippen molar-refractivity contribution in [3.63, 3.8) is 0 Å². The fourth-order valence-corrected chi connectivity index (χ4v) is 1.64. The van der Waals surface area contributed by atoms with Crippen LogP contribution >= 0.6 is 0 Å². The van der Waals surface area contributed by atoms with Crippen LogP contribution in [0.5, 0.6) is 11.5 Å². The van der Waals surface area contributed by atoms with E-state index in [4.69, 9.17) is 14.6 Å². The zero-order valence-electron chi connectivity index (χ0n) is 9.32. The van der Waals surface area contributed by atoms with Crippen molar-refractivity contribution in [2.75, 3.05) is 6.79 Å². The molecule has 0 saturated carbocycles. The number of carboxylic acids is 1. The Labute approximate surface area is 93.8 Å². The molecule has 0 atom stereocenters. The Hall–Kier alpha value is -1.71. The molecule has 0 unspecified atom stereocenters. The van der Waals surface area contributed by atoms with Crippen LogP contribution in [0.15, 0.2) is 18.2 Å². The molecule has 1 heterocycles. The minimum atomic E-state index is -0.801. The first-order valence-corrected chi connectivity index (χ1v) is 5.11. The first-order valence-electron chi connectivity index (χ1n) is 5.11. The van der Waals surface area contributed by atoms with Gasteiger partial charge in [0, 0.05) is 0 Å². The van der Waals surface area contributed by atoms with Crippen molar-refractivity contribution in [2.24, 2.45) is 5.41 Å². The lowest BCUT2D eigenvalue weighted by Crippen LogP contribution is -2.26. The fraction of sp³-hybridized carbons (Fsp3) is 0.417. The van der Waals surface area contributed by atoms with E-state index < -0.39 is 11.4 Å². The molecule has 1 aliphatic rings. The van der Waals surface area contributed by atoms with E-state index in [1.807, 2.05) is 18.2 Å². The molecule has 0 amide bonds. The third-order valence-electron chi connectivity index (χ3n) is 2.66. The number of hydrogen-bond donors (Lipinski definition) is 1. The molecule has 0 aliphatic carbocycles. The van der Waals surface area contributed by atoms with Gasteiger partial charge in [-0.2, -0.15) is 0 Å². The van der Waals surface area contributed by atoms with Crippen molar-refractivity contribution in [3.05, 3.63) is 23.8 Å². The van der Waals surface area contributed by atoms with Crippen LogP contribution in [0, 0.1) is 5.41 Å². The van der Waals surface area contributed by atoms with Gasteiger partial charge in [-0.3, -0.25) is 4.79 Å². The normalized spacial score (nSPS) is 13.9. The van der Waals surface area contributed by atoms with E-state index in [9.17, 15) is 4.79 Å². The van der Waals surface area contributed by atoms with E-state index in [1.54, 1.807) is 13.8 Å². The van der Waals surface area contributed by atoms with Crippen molar-refractivity contribution in [1.29, 1.82) is 0 Å². The number of aliphatic carboxylic acids is 1. The molecule has 16 heavy (non-hydrogen) atoms. The highest BCUT2D eigenvalue weighted by atomic mass is 16.7. The van der Waals surface area contributed by atoms with Gasteiger partial charge in [-0.05, 0) is 38.0 Å². The molecule has 0 radical (unpaired) electrons. The lowest BCUT2D eigenvalue weighted by atomic mass is 9.86. The van der Waals surface area contributed by atoms with Crippen LogP contribution in [-0.2, 0) is 11.2 Å². The molecule has 1 aromatic carbocycles. The standard InChI is InChI=1S/C12H14O4/c1-12(2,11(13)14)6-8-3-4-9-10(5-8)16-7-15-9/h3-5H,6-7H2,1-2H3,(H,13,14). The lowest BCUT2D eigenvalue weighted by molar-refractivity contribution is -0.146. The Morgan fingerprint density at radius 1 is 1.38 bits per heavy atom. The number of fused-ring (bicyclic) bond motifs is 1. The van der Waals surface area contributed by atoms with E-state index in [-0.39, 0.29) is 6.79 Å². The predicted molar refractivity (Wildman–Crippen MR) is 57.7 cm³/mol. The topological polar surface area (TPSA) is 55.8 Å². The van der Waals surface area contributed by atoms with Gasteiger partial charge in [-0.25, -0.2) is 0 Å². The van der Waals surface area contributed by atoms with Crippen LogP contribution in [0.2, 0.25) is 0 Å². The largest absolute Gasteiger partial charge is 0.481 e. The average molecular weight is 222 g/mol. The Kier molecular flexibility index (Phi) is 2.50. The number of ether oxygens (including phenoxy) is 2. The van der Waals surface area contributed by atoms with Crippen molar-refractivity contribution in [1.82, 2.24) is 0 Å². The second kappa shape index (κ2) is 3.70. The van der Waals surface area contributed by atoms with E-state index in [2.05, 4.69) is 0 Å². The van der Waals surface area contributed by atoms with Gasteiger partial charge in [0.1, 0.15) is 0 Å². The predicted octanol–water partition coefficient (Wildman–Crippen LogP) is 2.07. The molecular formula is C12H14O4. The summed E-state index contributed by atoms with van der Waals surface area (Å²) < 4.78 is 10.4. The molecule has 1 N–H and O–H groups in total. The Balaban J connectivity index is 2.20. The highest BCUT2D eigenvalue weighted by Crippen LogP contribution is 2.34. The summed E-state index contributed by atoms with van der Waals surface area (Å²) in [6, 6.07) is 5.53. The maximum atomic E-state index is 11.0. The van der Waals surface area contributed by atoms with Crippen LogP contribution in [0.25, 0.3) is 0 Å². The zero-order valence-corrected chi connectivity index (χ0v) is 9.32. The summed E-state index contributed by atoms with van der Waals surface area (Å²) >= 11 is 0. The van der Waals surface area contributed by atoms with E-state index in [0.717, 1.165) is 11.3 Å². The number of benzene rings is 1. The highest BCUT2D eigenvalue weighted by molar-refractivity contribution is 5.74. The molecule has 4 nitrogen and oxygen atoms in total.